The van der Waals surface area contributed by atoms with Crippen molar-refractivity contribution < 1.29 is 9.53 Å². The van der Waals surface area contributed by atoms with Crippen LogP contribution >= 0.6 is 0 Å². The number of ether oxygens (including phenoxy) is 1. The Hall–Kier alpha value is -1.40. The van der Waals surface area contributed by atoms with E-state index in [1.54, 1.807) is 0 Å². The maximum atomic E-state index is 12.0. The number of aromatic nitrogens is 2. The monoisotopic (exact) mass is 306 g/mol. The van der Waals surface area contributed by atoms with Gasteiger partial charge in [0.2, 0.25) is 0 Å². The van der Waals surface area contributed by atoms with Gasteiger partial charge in [0.05, 0.1) is 12.1 Å². The Morgan fingerprint density at radius 1 is 1.50 bits per heavy atom. The summed E-state index contributed by atoms with van der Waals surface area (Å²) in [5, 5.41) is 10.6. The Kier molecular flexibility index (Phi) is 5.10. The smallest absolute Gasteiger partial charge is 0.251 e. The topological polar surface area (TPSA) is 68.2 Å². The zero-order chi connectivity index (χ0) is 15.4. The molecule has 122 valence electrons. The van der Waals surface area contributed by atoms with Gasteiger partial charge >= 0.3 is 0 Å². The highest BCUT2D eigenvalue weighted by molar-refractivity contribution is 5.90. The normalized spacial score (nSPS) is 28.7. The van der Waals surface area contributed by atoms with E-state index >= 15 is 0 Å². The van der Waals surface area contributed by atoms with Gasteiger partial charge in [0, 0.05) is 18.8 Å². The van der Waals surface area contributed by atoms with E-state index in [0.717, 1.165) is 32.4 Å². The van der Waals surface area contributed by atoms with Crippen LogP contribution in [-0.4, -0.2) is 41.5 Å². The van der Waals surface area contributed by atoms with Crippen LogP contribution in [0.4, 0.5) is 5.82 Å². The maximum Gasteiger partial charge on any atom is 0.251 e. The van der Waals surface area contributed by atoms with Gasteiger partial charge in [-0.1, -0.05) is 19.8 Å². The molecular weight excluding hydrogens is 280 g/mol. The molecule has 1 aliphatic carbocycles. The van der Waals surface area contributed by atoms with Crippen molar-refractivity contribution in [3.8, 4) is 0 Å². The van der Waals surface area contributed by atoms with Crippen LogP contribution in [0.1, 0.15) is 45.1 Å². The van der Waals surface area contributed by atoms with Gasteiger partial charge in [-0.25, -0.2) is 0 Å². The molecule has 0 spiro atoms. The van der Waals surface area contributed by atoms with E-state index in [4.69, 9.17) is 4.74 Å². The predicted octanol–water partition coefficient (Wildman–Crippen LogP) is 1.95. The van der Waals surface area contributed by atoms with Crippen LogP contribution < -0.4 is 10.6 Å². The fraction of sp³-hybridized carbons (Fsp3) is 0.750. The minimum Gasteiger partial charge on any atom is -0.368 e. The Labute approximate surface area is 131 Å². The van der Waals surface area contributed by atoms with Crippen molar-refractivity contribution in [2.75, 3.05) is 25.0 Å². The summed E-state index contributed by atoms with van der Waals surface area (Å²) in [4.78, 5) is 12.0. The largest absolute Gasteiger partial charge is 0.368 e. The first kappa shape index (κ1) is 15.5. The lowest BCUT2D eigenvalue weighted by atomic mass is 9.89. The van der Waals surface area contributed by atoms with Crippen molar-refractivity contribution >= 4 is 11.7 Å². The number of amides is 1. The van der Waals surface area contributed by atoms with Gasteiger partial charge in [-0.05, 0) is 31.7 Å². The summed E-state index contributed by atoms with van der Waals surface area (Å²) in [7, 11) is 0. The van der Waals surface area contributed by atoms with Crippen LogP contribution in [0.5, 0.6) is 0 Å². The third kappa shape index (κ3) is 4.08. The number of nitrogens with zero attached hydrogens (tertiary/aromatic N) is 2. The van der Waals surface area contributed by atoms with Crippen LogP contribution in [0.2, 0.25) is 0 Å². The lowest BCUT2D eigenvalue weighted by Crippen LogP contribution is -2.27. The first-order valence-corrected chi connectivity index (χ1v) is 8.38. The molecule has 2 aliphatic rings. The van der Waals surface area contributed by atoms with E-state index in [1.807, 2.05) is 16.9 Å². The molecule has 22 heavy (non-hydrogen) atoms. The zero-order valence-electron chi connectivity index (χ0n) is 13.3. The summed E-state index contributed by atoms with van der Waals surface area (Å²) in [6, 6.07) is 2.24. The van der Waals surface area contributed by atoms with Gasteiger partial charge in [-0.2, -0.15) is 5.10 Å². The van der Waals surface area contributed by atoms with Crippen molar-refractivity contribution in [3.05, 3.63) is 12.3 Å². The fourth-order valence-corrected chi connectivity index (χ4v) is 3.38. The van der Waals surface area contributed by atoms with E-state index < -0.39 is 0 Å². The molecule has 0 aromatic carbocycles. The number of carbonyl (C=O) groups is 1. The maximum absolute atomic E-state index is 12.0. The molecule has 0 bridgehead atoms. The third-order valence-corrected chi connectivity index (χ3v) is 4.62. The van der Waals surface area contributed by atoms with Gasteiger partial charge < -0.3 is 15.4 Å². The zero-order valence-corrected chi connectivity index (χ0v) is 13.3. The van der Waals surface area contributed by atoms with E-state index in [2.05, 4.69) is 22.7 Å². The highest BCUT2D eigenvalue weighted by atomic mass is 16.5. The second-order valence-electron chi connectivity index (χ2n) is 6.58. The molecule has 1 amide bonds. The number of nitrogens with one attached hydrogen (secondary N) is 2. The Morgan fingerprint density at radius 2 is 2.41 bits per heavy atom. The van der Waals surface area contributed by atoms with Crippen LogP contribution in [0.3, 0.4) is 0 Å². The molecule has 1 aliphatic heterocycles. The molecule has 2 heterocycles. The first-order valence-electron chi connectivity index (χ1n) is 8.38. The number of carbonyl (C=O) groups excluding carboxylic acids is 1. The molecule has 3 atom stereocenters. The SMILES string of the molecule is C[C@@H]1CCC[C@H](OCC(=O)Nc2ccn([C@@H]3CCNC3)n2)C1. The number of hydrogen-bond donors (Lipinski definition) is 2. The van der Waals surface area contributed by atoms with Crippen molar-refractivity contribution in [2.24, 2.45) is 5.92 Å². The molecule has 6 heteroatoms. The summed E-state index contributed by atoms with van der Waals surface area (Å²) < 4.78 is 7.67. The van der Waals surface area contributed by atoms with Gasteiger partial charge in [-0.3, -0.25) is 9.48 Å². The molecule has 1 aromatic rings. The molecular formula is C16H26N4O2. The lowest BCUT2D eigenvalue weighted by molar-refractivity contribution is -0.123. The molecule has 1 aromatic heterocycles. The summed E-state index contributed by atoms with van der Waals surface area (Å²) in [6.07, 6.45) is 7.86. The van der Waals surface area contributed by atoms with E-state index in [0.29, 0.717) is 17.8 Å². The van der Waals surface area contributed by atoms with Crippen LogP contribution in [0, 0.1) is 5.92 Å². The van der Waals surface area contributed by atoms with Crippen LogP contribution in [0.15, 0.2) is 12.3 Å². The lowest BCUT2D eigenvalue weighted by Gasteiger charge is -2.26. The minimum atomic E-state index is -0.118. The van der Waals surface area contributed by atoms with E-state index in [1.165, 1.54) is 12.8 Å². The summed E-state index contributed by atoms with van der Waals surface area (Å²) >= 11 is 0. The average Bonchev–Trinajstić information content (AvgIpc) is 3.16. The van der Waals surface area contributed by atoms with Gasteiger partial charge in [0.15, 0.2) is 5.82 Å². The van der Waals surface area contributed by atoms with Crippen LogP contribution in [-0.2, 0) is 9.53 Å². The van der Waals surface area contributed by atoms with Gasteiger partial charge in [-0.15, -0.1) is 0 Å². The molecule has 1 saturated carbocycles. The van der Waals surface area contributed by atoms with Crippen LogP contribution in [0.25, 0.3) is 0 Å². The summed E-state index contributed by atoms with van der Waals surface area (Å²) in [5.74, 6) is 1.20. The highest BCUT2D eigenvalue weighted by Gasteiger charge is 2.21. The molecule has 0 unspecified atom stereocenters. The number of hydrogen-bond acceptors (Lipinski definition) is 4. The Morgan fingerprint density at radius 3 is 3.18 bits per heavy atom. The molecule has 1 saturated heterocycles. The van der Waals surface area contributed by atoms with E-state index in [-0.39, 0.29) is 18.6 Å². The molecule has 6 nitrogen and oxygen atoms in total. The van der Waals surface area contributed by atoms with Crippen molar-refractivity contribution in [1.29, 1.82) is 0 Å². The Bertz CT molecular complexity index is 496. The quantitative estimate of drug-likeness (QED) is 0.872. The second-order valence-corrected chi connectivity index (χ2v) is 6.58. The first-order chi connectivity index (χ1) is 10.7. The average molecular weight is 306 g/mol. The fourth-order valence-electron chi connectivity index (χ4n) is 3.38. The minimum absolute atomic E-state index is 0.118. The summed E-state index contributed by atoms with van der Waals surface area (Å²) in [6.45, 7) is 4.34. The second kappa shape index (κ2) is 7.24. The van der Waals surface area contributed by atoms with Crippen molar-refractivity contribution in [2.45, 2.75) is 51.2 Å². The predicted molar refractivity (Wildman–Crippen MR) is 84.8 cm³/mol. The van der Waals surface area contributed by atoms with Gasteiger partial charge in [0.1, 0.15) is 6.61 Å². The number of rotatable bonds is 5. The molecule has 3 rings (SSSR count). The number of anilines is 1. The highest BCUT2D eigenvalue weighted by Crippen LogP contribution is 2.25. The van der Waals surface area contributed by atoms with E-state index in [9.17, 15) is 4.79 Å². The molecule has 2 fully saturated rings. The Balaban J connectivity index is 1.43. The summed E-state index contributed by atoms with van der Waals surface area (Å²) in [5.41, 5.74) is 0. The van der Waals surface area contributed by atoms with Gasteiger partial charge in [0.25, 0.3) is 5.91 Å². The standard InChI is InChI=1S/C16H26N4O2/c1-12-3-2-4-14(9-12)22-11-16(21)18-15-6-8-20(19-15)13-5-7-17-10-13/h6,8,12-14,17H,2-5,7,9-11H2,1H3,(H,18,19,21)/t12-,13-,14+/m1/s1. The molecule has 2 N–H and O–H groups in total. The van der Waals surface area contributed by atoms with Crippen molar-refractivity contribution in [1.82, 2.24) is 15.1 Å². The third-order valence-electron chi connectivity index (χ3n) is 4.62. The van der Waals surface area contributed by atoms with Crippen molar-refractivity contribution in [3.63, 3.8) is 0 Å². The molecule has 0 radical (unpaired) electrons.